The molecule has 0 aliphatic carbocycles. The molecular formula is C72H108N19O27P. The van der Waals surface area contributed by atoms with Gasteiger partial charge in [0.2, 0.25) is 65.0 Å². The van der Waals surface area contributed by atoms with Gasteiger partial charge in [-0.3, -0.25) is 87.7 Å². The second-order valence-corrected chi connectivity index (χ2v) is 29.0. The topological polar surface area (TPSA) is 793 Å². The van der Waals surface area contributed by atoms with Crippen LogP contribution >= 0.6 is 7.82 Å². The highest BCUT2D eigenvalue weighted by Gasteiger charge is 2.40. The monoisotopic (exact) mass is 1700 g/mol. The number of aliphatic hydroxyl groups is 2. The second-order valence-electron chi connectivity index (χ2n) is 27.8. The smallest absolute Gasteiger partial charge is 0.508 e. The van der Waals surface area contributed by atoms with Crippen LogP contribution in [0.3, 0.4) is 0 Å². The van der Waals surface area contributed by atoms with Crippen molar-refractivity contribution in [2.24, 2.45) is 28.9 Å². The molecule has 33 N–H and O–H groups in total. The van der Waals surface area contributed by atoms with Gasteiger partial charge in [0.25, 0.3) is 0 Å². The van der Waals surface area contributed by atoms with E-state index < -0.39 is 250 Å². The minimum Gasteiger partial charge on any atom is -0.508 e. The van der Waals surface area contributed by atoms with Gasteiger partial charge in [-0.1, -0.05) is 56.7 Å². The Morgan fingerprint density at radius 2 is 0.748 bits per heavy atom. The number of rotatable bonds is 54. The van der Waals surface area contributed by atoms with Crippen LogP contribution < -0.4 is 96.6 Å². The summed E-state index contributed by atoms with van der Waals surface area (Å²) in [4.78, 5) is 226. The van der Waals surface area contributed by atoms with Gasteiger partial charge >= 0.3 is 31.7 Å². The molecule has 0 bridgehead atoms. The predicted molar refractivity (Wildman–Crippen MR) is 419 cm³/mol. The van der Waals surface area contributed by atoms with Crippen molar-refractivity contribution in [1.29, 1.82) is 10.8 Å². The number of nitrogens with one attached hydrogen (secondary N) is 15. The van der Waals surface area contributed by atoms with Crippen LogP contribution in [0, 0.1) is 16.7 Å². The maximum atomic E-state index is 14.9. The Balaban J connectivity index is 2.12. The number of carboxylic acid groups (broad SMARTS) is 4. The van der Waals surface area contributed by atoms with E-state index in [2.05, 4.69) is 73.6 Å². The summed E-state index contributed by atoms with van der Waals surface area (Å²) in [5.41, 5.74) is 22.6. The SMILES string of the molecule is CCC(C)C(NC(=O)C(CC(=O)O)NC(=O)C(CCCNC(=N)N)NC(=O)C(N)C(C)O)C(=O)NC(Cc1ccc(O)cc1)C(=O)NC(CCC(=O)O)C(=O)NC(C(=O)NC(CC(=O)O)C(=O)NC(Cc1ccc(OP(=O)(O)O)cc1)C(=O)NC(Cc1ccc(O)cc1)C(=O)NC(CCCNC(=N)N)C(=O)NC(CCCCN)C(=O)O)C(C)O. The standard InChI is InChI=1S/C72H108N19O27P/c1-5-35(2)57(90-66(109)52(34-55(100)101)87-60(103)45(12-9-29-80-72(77)78)83-67(110)56(74)36(3)92)68(111)88-50(31-39-15-21-42(95)22-16-39)63(106)82-46(25-26-53(96)97)61(104)91-58(37(4)93)69(112)89-51(33-54(98)99)65(108)86-49(32-40-17-23-43(24-18-40)118-119(115,116)117)64(107)85-48(30-38-13-19-41(94)20-14-38)62(105)81-44(11-8-28-79-71(75)76)59(102)84-47(70(113)114)10-6-7-27-73/h13-24,35-37,44-52,56-58,92-95H,5-12,25-34,73-74H2,1-4H3,(H,81,105)(H,82,106)(H,83,110)(H,84,102)(H,85,107)(H,86,108)(H,87,103)(H,88,111)(H,89,112)(H,90,109)(H,91,104)(H,96,97)(H,98,99)(H,100,101)(H,113,114)(H4,75,76,79)(H4,77,78,80)(H2,115,116,117). The molecule has 0 saturated carbocycles. The van der Waals surface area contributed by atoms with E-state index in [9.17, 15) is 127 Å². The summed E-state index contributed by atoms with van der Waals surface area (Å²) in [6, 6.07) is -7.69. The fourth-order valence-electron chi connectivity index (χ4n) is 11.3. The van der Waals surface area contributed by atoms with Crippen LogP contribution in [0.2, 0.25) is 0 Å². The number of carbonyl (C=O) groups is 15. The fourth-order valence-corrected chi connectivity index (χ4v) is 11.7. The molecule has 11 amide bonds. The molecule has 0 spiro atoms. The average molecular weight is 1700 g/mol. The lowest BCUT2D eigenvalue weighted by molar-refractivity contribution is -0.143. The number of aliphatic carboxylic acids is 4. The molecule has 3 aromatic rings. The highest BCUT2D eigenvalue weighted by Crippen LogP contribution is 2.37. The van der Waals surface area contributed by atoms with Crippen LogP contribution in [-0.2, 0) is 95.7 Å². The Kier molecular flexibility index (Phi) is 42.6. The maximum absolute atomic E-state index is 14.9. The molecule has 0 fully saturated rings. The van der Waals surface area contributed by atoms with Crippen molar-refractivity contribution in [2.45, 2.75) is 209 Å². The van der Waals surface area contributed by atoms with Crippen molar-refractivity contribution in [3.8, 4) is 17.2 Å². The summed E-state index contributed by atoms with van der Waals surface area (Å²) in [6.45, 7) is 5.27. The molecule has 47 heteroatoms. The first-order valence-electron chi connectivity index (χ1n) is 37.4. The number of hydrogen-bond donors (Lipinski definition) is 29. The van der Waals surface area contributed by atoms with E-state index in [1.165, 1.54) is 74.5 Å². The van der Waals surface area contributed by atoms with Crippen LogP contribution in [-0.4, -0.2) is 256 Å². The highest BCUT2D eigenvalue weighted by molar-refractivity contribution is 7.46. The first-order chi connectivity index (χ1) is 55.8. The molecule has 658 valence electrons. The maximum Gasteiger partial charge on any atom is 0.524 e. The van der Waals surface area contributed by atoms with Crippen LogP contribution in [0.25, 0.3) is 0 Å². The van der Waals surface area contributed by atoms with Crippen LogP contribution in [0.1, 0.15) is 121 Å². The Labute approximate surface area is 681 Å². The third kappa shape index (κ3) is 38.1. The zero-order valence-electron chi connectivity index (χ0n) is 65.5. The summed E-state index contributed by atoms with van der Waals surface area (Å²) in [7, 11) is -5.16. The number of aliphatic hydroxyl groups excluding tert-OH is 2. The minimum atomic E-state index is -5.16. The molecule has 0 aliphatic heterocycles. The number of carbonyl (C=O) groups excluding carboxylic acids is 11. The quantitative estimate of drug-likeness (QED) is 0.0108. The van der Waals surface area contributed by atoms with Crippen molar-refractivity contribution < 1.29 is 132 Å². The van der Waals surface area contributed by atoms with Gasteiger partial charge in [0.05, 0.1) is 25.0 Å². The number of hydrogen-bond acceptors (Lipinski definition) is 25. The van der Waals surface area contributed by atoms with E-state index >= 15 is 0 Å². The number of phosphoric ester groups is 1. The van der Waals surface area contributed by atoms with Gasteiger partial charge in [-0.15, -0.1) is 0 Å². The normalized spacial score (nSPS) is 14.9. The molecule has 15 atom stereocenters. The van der Waals surface area contributed by atoms with Crippen molar-refractivity contribution in [3.63, 3.8) is 0 Å². The number of unbranched alkanes of at least 4 members (excludes halogenated alkanes) is 1. The molecule has 119 heavy (non-hydrogen) atoms. The zero-order chi connectivity index (χ0) is 89.6. The van der Waals surface area contributed by atoms with E-state index in [-0.39, 0.29) is 92.8 Å². The number of phenols is 2. The van der Waals surface area contributed by atoms with Gasteiger partial charge < -0.3 is 137 Å². The van der Waals surface area contributed by atoms with Gasteiger partial charge in [-0.05, 0) is 131 Å². The number of amides is 11. The van der Waals surface area contributed by atoms with Crippen LogP contribution in [0.15, 0.2) is 72.8 Å². The van der Waals surface area contributed by atoms with Crippen molar-refractivity contribution in [3.05, 3.63) is 89.5 Å². The van der Waals surface area contributed by atoms with Gasteiger partial charge in [0.15, 0.2) is 11.9 Å². The van der Waals surface area contributed by atoms with Crippen molar-refractivity contribution >= 4 is 109 Å². The number of aromatic hydroxyl groups is 2. The molecule has 0 aliphatic rings. The molecular weight excluding hydrogens is 1590 g/mol. The summed E-state index contributed by atoms with van der Waals surface area (Å²) in [5, 5.41) is 127. The third-order valence-electron chi connectivity index (χ3n) is 18.0. The molecule has 0 aromatic heterocycles. The van der Waals surface area contributed by atoms with Gasteiger partial charge in [0.1, 0.15) is 89.8 Å². The summed E-state index contributed by atoms with van der Waals surface area (Å²) < 4.78 is 16.3. The van der Waals surface area contributed by atoms with Crippen LogP contribution in [0.4, 0.5) is 0 Å². The van der Waals surface area contributed by atoms with E-state index in [0.29, 0.717) is 6.42 Å². The van der Waals surface area contributed by atoms with E-state index in [0.717, 1.165) is 19.1 Å². The van der Waals surface area contributed by atoms with E-state index in [4.69, 9.17) is 33.8 Å². The number of phosphoric acid groups is 1. The summed E-state index contributed by atoms with van der Waals surface area (Å²) in [5.74, 6) is -23.0. The number of nitrogens with two attached hydrogens (primary N) is 4. The average Bonchev–Trinajstić information content (AvgIpc) is 0.843. The third-order valence-corrected chi connectivity index (χ3v) is 18.5. The lowest BCUT2D eigenvalue weighted by Crippen LogP contribution is -2.63. The molecule has 0 saturated heterocycles. The summed E-state index contributed by atoms with van der Waals surface area (Å²) in [6.07, 6.45) is -9.18. The minimum absolute atomic E-state index is 0.00904. The highest BCUT2D eigenvalue weighted by atomic mass is 31.2. The molecule has 0 radical (unpaired) electrons. The van der Waals surface area contributed by atoms with Crippen LogP contribution in [0.5, 0.6) is 17.2 Å². The van der Waals surface area contributed by atoms with Crippen molar-refractivity contribution in [2.75, 3.05) is 19.6 Å². The van der Waals surface area contributed by atoms with Gasteiger partial charge in [-0.2, -0.15) is 0 Å². The largest absolute Gasteiger partial charge is 0.524 e. The molecule has 3 aromatic carbocycles. The van der Waals surface area contributed by atoms with Gasteiger partial charge in [0, 0.05) is 38.8 Å². The molecule has 46 nitrogen and oxygen atoms in total. The van der Waals surface area contributed by atoms with Gasteiger partial charge in [-0.25, -0.2) is 9.36 Å². The lowest BCUT2D eigenvalue weighted by Gasteiger charge is -2.30. The number of phenolic OH excluding ortho intramolecular Hbond substituents is 2. The number of carboxylic acids is 4. The summed E-state index contributed by atoms with van der Waals surface area (Å²) >= 11 is 0. The second kappa shape index (κ2) is 50.3. The Hall–Kier alpha value is -12.4. The molecule has 0 heterocycles. The number of guanidine groups is 2. The van der Waals surface area contributed by atoms with E-state index in [1.54, 1.807) is 6.92 Å². The fraction of sp³-hybridized carbons (Fsp3) is 0.514. The first-order valence-corrected chi connectivity index (χ1v) is 38.9. The Morgan fingerprint density at radius 3 is 1.13 bits per heavy atom. The molecule has 3 rings (SSSR count). The Bertz CT molecular complexity index is 4050. The number of benzene rings is 3. The predicted octanol–water partition coefficient (Wildman–Crippen LogP) is -6.38. The van der Waals surface area contributed by atoms with Crippen molar-refractivity contribution in [1.82, 2.24) is 69.1 Å². The van der Waals surface area contributed by atoms with E-state index in [1.807, 2.05) is 0 Å². The first kappa shape index (κ1) is 101. The Morgan fingerprint density at radius 1 is 0.420 bits per heavy atom. The molecule has 15 unspecified atom stereocenters. The lowest BCUT2D eigenvalue weighted by atomic mass is 9.96. The zero-order valence-corrected chi connectivity index (χ0v) is 66.4.